The predicted octanol–water partition coefficient (Wildman–Crippen LogP) is 3.96. The molecule has 3 aromatic rings. The fourth-order valence-electron chi connectivity index (χ4n) is 2.39. The highest BCUT2D eigenvalue weighted by Gasteiger charge is 2.21. The Morgan fingerprint density at radius 3 is 2.56 bits per heavy atom. The number of benzene rings is 2. The second-order valence-electron chi connectivity index (χ2n) is 5.93. The Labute approximate surface area is 160 Å². The number of carbonyl (C=O) groups excluding carboxylic acids is 1. The molecule has 8 heteroatoms. The van der Waals surface area contributed by atoms with Crippen LogP contribution in [0.1, 0.15) is 12.8 Å². The van der Waals surface area contributed by atoms with Crippen LogP contribution in [0.25, 0.3) is 11.4 Å². The number of ether oxygens (including phenoxy) is 1. The molecule has 0 spiro atoms. The molecule has 0 N–H and O–H groups in total. The molecule has 0 bridgehead atoms. The van der Waals surface area contributed by atoms with Gasteiger partial charge in [0, 0.05) is 17.6 Å². The number of nitrogens with zero attached hydrogens (tertiary/aromatic N) is 3. The van der Waals surface area contributed by atoms with Gasteiger partial charge in [0.15, 0.2) is 6.10 Å². The monoisotopic (exact) mass is 389 g/mol. The smallest absolute Gasteiger partial charge is 0.263 e. The van der Waals surface area contributed by atoms with Crippen molar-refractivity contribution in [2.24, 2.45) is 0 Å². The van der Waals surface area contributed by atoms with Crippen LogP contribution in [0.3, 0.4) is 0 Å². The summed E-state index contributed by atoms with van der Waals surface area (Å²) in [6.45, 7) is 1.76. The maximum absolute atomic E-state index is 12.9. The van der Waals surface area contributed by atoms with E-state index in [0.717, 1.165) is 5.56 Å². The fourth-order valence-corrected chi connectivity index (χ4v) is 2.52. The van der Waals surface area contributed by atoms with E-state index in [-0.39, 0.29) is 18.3 Å². The molecule has 27 heavy (non-hydrogen) atoms. The largest absolute Gasteiger partial charge is 0.481 e. The van der Waals surface area contributed by atoms with Crippen molar-refractivity contribution >= 4 is 17.5 Å². The molecular formula is C19H17ClFN3O3. The van der Waals surface area contributed by atoms with E-state index in [1.54, 1.807) is 38.2 Å². The Bertz CT molecular complexity index is 913. The van der Waals surface area contributed by atoms with Gasteiger partial charge in [0.2, 0.25) is 11.7 Å². The van der Waals surface area contributed by atoms with Gasteiger partial charge >= 0.3 is 0 Å². The van der Waals surface area contributed by atoms with Crippen LogP contribution in [-0.2, 0) is 11.3 Å². The van der Waals surface area contributed by atoms with Crippen molar-refractivity contribution in [3.05, 3.63) is 65.3 Å². The first-order valence-corrected chi connectivity index (χ1v) is 8.56. The molecule has 1 atom stereocenters. The minimum absolute atomic E-state index is 0.135. The maximum atomic E-state index is 12.9. The zero-order valence-corrected chi connectivity index (χ0v) is 15.5. The third kappa shape index (κ3) is 4.83. The van der Waals surface area contributed by atoms with Gasteiger partial charge in [-0.3, -0.25) is 4.79 Å². The molecule has 1 aromatic heterocycles. The molecule has 1 amide bonds. The molecule has 6 nitrogen and oxygen atoms in total. The van der Waals surface area contributed by atoms with Crippen molar-refractivity contribution in [3.63, 3.8) is 0 Å². The van der Waals surface area contributed by atoms with Crippen LogP contribution < -0.4 is 4.74 Å². The lowest BCUT2D eigenvalue weighted by Crippen LogP contribution is -2.37. The van der Waals surface area contributed by atoms with Crippen molar-refractivity contribution in [2.45, 2.75) is 19.6 Å². The lowest BCUT2D eigenvalue weighted by Gasteiger charge is -2.20. The molecular weight excluding hydrogens is 373 g/mol. The predicted molar refractivity (Wildman–Crippen MR) is 97.7 cm³/mol. The summed E-state index contributed by atoms with van der Waals surface area (Å²) in [4.78, 5) is 18.2. The molecule has 0 fully saturated rings. The van der Waals surface area contributed by atoms with Crippen molar-refractivity contribution in [3.8, 4) is 17.1 Å². The summed E-state index contributed by atoms with van der Waals surface area (Å²) in [6, 6.07) is 12.5. The van der Waals surface area contributed by atoms with E-state index < -0.39 is 6.10 Å². The third-order valence-electron chi connectivity index (χ3n) is 3.79. The molecule has 0 saturated heterocycles. The normalized spacial score (nSPS) is 11.9. The van der Waals surface area contributed by atoms with Gasteiger partial charge < -0.3 is 14.2 Å². The van der Waals surface area contributed by atoms with Crippen molar-refractivity contribution in [1.29, 1.82) is 0 Å². The number of aromatic nitrogens is 2. The molecule has 1 unspecified atom stereocenters. The van der Waals surface area contributed by atoms with E-state index in [0.29, 0.717) is 22.5 Å². The minimum Gasteiger partial charge on any atom is -0.481 e. The third-order valence-corrected chi connectivity index (χ3v) is 4.05. The van der Waals surface area contributed by atoms with Gasteiger partial charge in [-0.25, -0.2) is 4.39 Å². The molecule has 0 aliphatic rings. The fraction of sp³-hybridized carbons (Fsp3) is 0.211. The van der Waals surface area contributed by atoms with Crippen LogP contribution >= 0.6 is 11.6 Å². The Morgan fingerprint density at radius 2 is 1.89 bits per heavy atom. The van der Waals surface area contributed by atoms with Crippen LogP contribution in [0, 0.1) is 5.82 Å². The van der Waals surface area contributed by atoms with E-state index >= 15 is 0 Å². The zero-order chi connectivity index (χ0) is 19.4. The summed E-state index contributed by atoms with van der Waals surface area (Å²) in [5.41, 5.74) is 0.761. The number of likely N-dealkylation sites (N-methyl/N-ethyl adjacent to an activating group) is 1. The second kappa shape index (κ2) is 8.18. The van der Waals surface area contributed by atoms with E-state index in [9.17, 15) is 9.18 Å². The van der Waals surface area contributed by atoms with Crippen LogP contribution in [0.2, 0.25) is 5.02 Å². The molecule has 0 radical (unpaired) electrons. The van der Waals surface area contributed by atoms with Crippen LogP contribution in [0.15, 0.2) is 53.1 Å². The molecule has 0 saturated carbocycles. The first kappa shape index (κ1) is 18.8. The highest BCUT2D eigenvalue weighted by Crippen LogP contribution is 2.19. The van der Waals surface area contributed by atoms with Gasteiger partial charge in [0.1, 0.15) is 11.6 Å². The molecule has 2 aromatic carbocycles. The number of hydrogen-bond donors (Lipinski definition) is 0. The maximum Gasteiger partial charge on any atom is 0.263 e. The van der Waals surface area contributed by atoms with E-state index in [2.05, 4.69) is 10.1 Å². The minimum atomic E-state index is -0.751. The molecule has 140 valence electrons. The first-order valence-electron chi connectivity index (χ1n) is 8.18. The van der Waals surface area contributed by atoms with E-state index in [1.165, 1.54) is 29.2 Å². The number of carbonyl (C=O) groups is 1. The average molecular weight is 390 g/mol. The number of amides is 1. The molecule has 0 aliphatic heterocycles. The zero-order valence-electron chi connectivity index (χ0n) is 14.7. The summed E-state index contributed by atoms with van der Waals surface area (Å²) >= 11 is 5.86. The second-order valence-corrected chi connectivity index (χ2v) is 6.36. The number of rotatable bonds is 6. The molecule has 0 aliphatic carbocycles. The summed E-state index contributed by atoms with van der Waals surface area (Å²) in [5.74, 6) is 0.480. The van der Waals surface area contributed by atoms with Crippen LogP contribution in [0.4, 0.5) is 4.39 Å². The van der Waals surface area contributed by atoms with Gasteiger partial charge in [0.25, 0.3) is 5.91 Å². The average Bonchev–Trinajstić information content (AvgIpc) is 3.12. The van der Waals surface area contributed by atoms with Gasteiger partial charge in [-0.1, -0.05) is 16.8 Å². The Balaban J connectivity index is 1.60. The summed E-state index contributed by atoms with van der Waals surface area (Å²) in [6.07, 6.45) is -0.751. The van der Waals surface area contributed by atoms with Gasteiger partial charge in [-0.15, -0.1) is 0 Å². The summed E-state index contributed by atoms with van der Waals surface area (Å²) in [5, 5.41) is 4.53. The lowest BCUT2D eigenvalue weighted by atomic mass is 10.2. The Morgan fingerprint density at radius 1 is 1.22 bits per heavy atom. The Hall–Kier alpha value is -2.93. The van der Waals surface area contributed by atoms with Gasteiger partial charge in [-0.2, -0.15) is 4.98 Å². The first-order chi connectivity index (χ1) is 12.9. The van der Waals surface area contributed by atoms with E-state index in [4.69, 9.17) is 20.9 Å². The Kier molecular flexibility index (Phi) is 5.71. The molecule has 1 heterocycles. The standard InChI is InChI=1S/C19H17ClFN3O3/c1-12(26-16-9-7-15(21)8-10-16)19(25)24(2)11-17-22-18(23-27-17)13-3-5-14(20)6-4-13/h3-10,12H,11H2,1-2H3. The summed E-state index contributed by atoms with van der Waals surface area (Å²) in [7, 11) is 1.61. The van der Waals surface area contributed by atoms with Crippen molar-refractivity contribution in [2.75, 3.05) is 7.05 Å². The van der Waals surface area contributed by atoms with E-state index in [1.807, 2.05) is 0 Å². The topological polar surface area (TPSA) is 68.5 Å². The van der Waals surface area contributed by atoms with Crippen LogP contribution in [0.5, 0.6) is 5.75 Å². The number of halogens is 2. The van der Waals surface area contributed by atoms with Crippen molar-refractivity contribution < 1.29 is 18.4 Å². The highest BCUT2D eigenvalue weighted by atomic mass is 35.5. The van der Waals surface area contributed by atoms with Gasteiger partial charge in [0.05, 0.1) is 6.54 Å². The quantitative estimate of drug-likeness (QED) is 0.638. The SMILES string of the molecule is CC(Oc1ccc(F)cc1)C(=O)N(C)Cc1nc(-c2ccc(Cl)cc2)no1. The molecule has 3 rings (SSSR count). The lowest BCUT2D eigenvalue weighted by molar-refractivity contribution is -0.137. The van der Waals surface area contributed by atoms with Gasteiger partial charge in [-0.05, 0) is 55.5 Å². The van der Waals surface area contributed by atoms with Crippen molar-refractivity contribution in [1.82, 2.24) is 15.0 Å². The number of hydrogen-bond acceptors (Lipinski definition) is 5. The highest BCUT2D eigenvalue weighted by molar-refractivity contribution is 6.30. The van der Waals surface area contributed by atoms with Crippen LogP contribution in [-0.4, -0.2) is 34.1 Å². The summed E-state index contributed by atoms with van der Waals surface area (Å²) < 4.78 is 23.7.